The van der Waals surface area contributed by atoms with Crippen molar-refractivity contribution in [2.24, 2.45) is 0 Å². The summed E-state index contributed by atoms with van der Waals surface area (Å²) in [5, 5.41) is 0. The smallest absolute Gasteiger partial charge is 0.420 e. The molecule has 0 unspecified atom stereocenters. The fourth-order valence-electron chi connectivity index (χ4n) is 2.73. The number of alkyl halides is 3. The first kappa shape index (κ1) is 23.3. The number of hydrogen-bond acceptors (Lipinski definition) is 5. The Morgan fingerprint density at radius 3 is 2.15 bits per heavy atom. The van der Waals surface area contributed by atoms with E-state index in [-0.39, 0.29) is 5.56 Å². The first-order valence-electron chi connectivity index (χ1n) is 9.47. The predicted molar refractivity (Wildman–Crippen MR) is 116 cm³/mol. The lowest BCUT2D eigenvalue weighted by molar-refractivity contribution is -0.141. The molecule has 0 aliphatic heterocycles. The van der Waals surface area contributed by atoms with Crippen molar-refractivity contribution in [2.45, 2.75) is 6.18 Å². The second-order valence-corrected chi connectivity index (χ2v) is 6.56. The highest BCUT2D eigenvalue weighted by Gasteiger charge is 2.35. The second kappa shape index (κ2) is 9.86. The third-order valence-electron chi connectivity index (χ3n) is 4.28. The maximum Gasteiger partial charge on any atom is 0.420 e. The molecule has 0 spiro atoms. The maximum atomic E-state index is 13.4. The van der Waals surface area contributed by atoms with Gasteiger partial charge >= 0.3 is 18.1 Å². The maximum absolute atomic E-state index is 13.4. The van der Waals surface area contributed by atoms with E-state index in [2.05, 4.69) is 17.9 Å². The summed E-state index contributed by atoms with van der Waals surface area (Å²) in [5.41, 5.74) is -0.148. The average Bonchev–Trinajstić information content (AvgIpc) is 3.27. The van der Waals surface area contributed by atoms with E-state index in [1.54, 1.807) is 36.4 Å². The monoisotopic (exact) mass is 454 g/mol. The minimum absolute atomic E-state index is 0.229. The van der Waals surface area contributed by atoms with E-state index in [4.69, 9.17) is 9.15 Å². The number of ether oxygens (including phenoxy) is 2. The molecule has 0 fully saturated rings. The number of furan rings is 1. The highest BCUT2D eigenvalue weighted by Crippen LogP contribution is 2.37. The Labute approximate surface area is 187 Å². The lowest BCUT2D eigenvalue weighted by Crippen LogP contribution is -2.12. The molecule has 0 aliphatic rings. The van der Waals surface area contributed by atoms with E-state index in [1.807, 2.05) is 0 Å². The summed E-state index contributed by atoms with van der Waals surface area (Å²) in [7, 11) is 0. The topological polar surface area (TPSA) is 65.7 Å². The quantitative estimate of drug-likeness (QED) is 0.238. The van der Waals surface area contributed by atoms with Crippen molar-refractivity contribution in [1.82, 2.24) is 0 Å². The fraction of sp³-hybridized carbons (Fsp3) is 0.0400. The van der Waals surface area contributed by atoms with Crippen LogP contribution in [0.25, 0.3) is 23.5 Å². The molecular formula is C25H17F3O5. The molecular weight excluding hydrogens is 437 g/mol. The van der Waals surface area contributed by atoms with Crippen LogP contribution in [0.15, 0.2) is 84.3 Å². The Bertz CT molecular complexity index is 1220. The van der Waals surface area contributed by atoms with Gasteiger partial charge in [0, 0.05) is 17.7 Å². The number of hydrogen-bond donors (Lipinski definition) is 0. The molecule has 8 heteroatoms. The Morgan fingerprint density at radius 2 is 1.52 bits per heavy atom. The molecule has 0 aliphatic carbocycles. The summed E-state index contributed by atoms with van der Waals surface area (Å²) in [4.78, 5) is 22.5. The summed E-state index contributed by atoms with van der Waals surface area (Å²) >= 11 is 0. The van der Waals surface area contributed by atoms with Gasteiger partial charge in [-0.3, -0.25) is 0 Å². The largest absolute Gasteiger partial charge is 0.457 e. The molecule has 0 radical (unpaired) electrons. The molecule has 2 aromatic carbocycles. The molecule has 3 aromatic rings. The van der Waals surface area contributed by atoms with Gasteiger partial charge in [-0.25, -0.2) is 9.59 Å². The van der Waals surface area contributed by atoms with E-state index >= 15 is 0 Å². The van der Waals surface area contributed by atoms with Gasteiger partial charge in [0.05, 0.1) is 5.56 Å². The van der Waals surface area contributed by atoms with Gasteiger partial charge in [0.25, 0.3) is 0 Å². The molecule has 0 saturated heterocycles. The summed E-state index contributed by atoms with van der Waals surface area (Å²) in [6, 6.07) is 13.2. The third-order valence-corrected chi connectivity index (χ3v) is 4.28. The van der Waals surface area contributed by atoms with Crippen molar-refractivity contribution in [3.8, 4) is 22.8 Å². The van der Waals surface area contributed by atoms with Gasteiger partial charge < -0.3 is 13.9 Å². The molecule has 1 heterocycles. The molecule has 0 amide bonds. The van der Waals surface area contributed by atoms with Crippen LogP contribution in [0.1, 0.15) is 16.9 Å². The van der Waals surface area contributed by atoms with Gasteiger partial charge in [0.1, 0.15) is 23.0 Å². The Balaban J connectivity index is 1.78. The lowest BCUT2D eigenvalue weighted by atomic mass is 10.1. The zero-order chi connectivity index (χ0) is 24.0. The normalized spacial score (nSPS) is 11.2. The van der Waals surface area contributed by atoms with Crippen LogP contribution in [-0.4, -0.2) is 11.9 Å². The van der Waals surface area contributed by atoms with Crippen LogP contribution >= 0.6 is 0 Å². The average molecular weight is 454 g/mol. The summed E-state index contributed by atoms with van der Waals surface area (Å²) in [5.74, 6) is -0.903. The molecule has 5 nitrogen and oxygen atoms in total. The van der Waals surface area contributed by atoms with Crippen molar-refractivity contribution in [1.29, 1.82) is 0 Å². The predicted octanol–water partition coefficient (Wildman–Crippen LogP) is 6.32. The molecule has 1 aromatic heterocycles. The Kier molecular flexibility index (Phi) is 6.97. The minimum Gasteiger partial charge on any atom is -0.457 e. The molecule has 0 atom stereocenters. The summed E-state index contributed by atoms with van der Waals surface area (Å²) in [6.45, 7) is 6.50. The number of benzene rings is 2. The molecule has 0 bridgehead atoms. The molecule has 33 heavy (non-hydrogen) atoms. The zero-order valence-corrected chi connectivity index (χ0v) is 17.1. The first-order chi connectivity index (χ1) is 15.7. The van der Waals surface area contributed by atoms with E-state index in [0.717, 1.165) is 24.3 Å². The van der Waals surface area contributed by atoms with Crippen LogP contribution in [0.2, 0.25) is 0 Å². The van der Waals surface area contributed by atoms with Crippen molar-refractivity contribution in [2.75, 3.05) is 0 Å². The summed E-state index contributed by atoms with van der Waals surface area (Å²) < 4.78 is 55.5. The summed E-state index contributed by atoms with van der Waals surface area (Å²) in [6.07, 6.45) is 0.0655. The molecule has 3 rings (SSSR count). The molecule has 0 N–H and O–H groups in total. The molecule has 168 valence electrons. The molecule has 0 saturated carbocycles. The van der Waals surface area contributed by atoms with Crippen molar-refractivity contribution < 1.29 is 36.7 Å². The van der Waals surface area contributed by atoms with Crippen LogP contribution in [0.3, 0.4) is 0 Å². The van der Waals surface area contributed by atoms with Gasteiger partial charge in [0.15, 0.2) is 0 Å². The van der Waals surface area contributed by atoms with Crippen LogP contribution in [0.4, 0.5) is 13.2 Å². The van der Waals surface area contributed by atoms with Crippen LogP contribution in [-0.2, 0) is 15.8 Å². The van der Waals surface area contributed by atoms with Crippen molar-refractivity contribution in [3.05, 3.63) is 96.8 Å². The van der Waals surface area contributed by atoms with Gasteiger partial charge in [-0.2, -0.15) is 13.2 Å². The number of carbonyl (C=O) groups excluding carboxylic acids is 2. The number of carbonyl (C=O) groups is 2. The Morgan fingerprint density at radius 1 is 0.848 bits per heavy atom. The van der Waals surface area contributed by atoms with Crippen LogP contribution < -0.4 is 9.47 Å². The van der Waals surface area contributed by atoms with Gasteiger partial charge in [-0.05, 0) is 60.2 Å². The van der Waals surface area contributed by atoms with Crippen LogP contribution in [0, 0.1) is 0 Å². The van der Waals surface area contributed by atoms with E-state index in [0.29, 0.717) is 22.8 Å². The van der Waals surface area contributed by atoms with Crippen molar-refractivity contribution in [3.63, 3.8) is 0 Å². The minimum atomic E-state index is -4.72. The SMILES string of the molecule is C=CC(=O)Oc1ccc(-c2ccc(C=Cc3ccc(OC(=O)C=C)c(C(F)(F)F)c3)o2)cc1. The van der Waals surface area contributed by atoms with E-state index < -0.39 is 29.4 Å². The highest BCUT2D eigenvalue weighted by molar-refractivity contribution is 5.84. The van der Waals surface area contributed by atoms with Gasteiger partial charge in [-0.1, -0.05) is 25.3 Å². The fourth-order valence-corrected chi connectivity index (χ4v) is 2.73. The third kappa shape index (κ3) is 6.10. The van der Waals surface area contributed by atoms with Crippen LogP contribution in [0.5, 0.6) is 11.5 Å². The van der Waals surface area contributed by atoms with E-state index in [9.17, 15) is 22.8 Å². The Hall–Kier alpha value is -4.33. The standard InChI is InChI=1S/C25H17F3O5/c1-3-23(29)32-19-10-7-17(8-11-19)21-14-12-18(31-21)9-5-16-6-13-22(33-24(30)4-2)20(15-16)25(26,27)28/h3-15H,1-2H2. The second-order valence-electron chi connectivity index (χ2n) is 6.56. The number of rotatable bonds is 7. The van der Waals surface area contributed by atoms with Gasteiger partial charge in [0.2, 0.25) is 0 Å². The van der Waals surface area contributed by atoms with E-state index in [1.165, 1.54) is 18.2 Å². The van der Waals surface area contributed by atoms with Crippen molar-refractivity contribution >= 4 is 24.1 Å². The highest BCUT2D eigenvalue weighted by atomic mass is 19.4. The zero-order valence-electron chi connectivity index (χ0n) is 17.1. The van der Waals surface area contributed by atoms with Gasteiger partial charge in [-0.15, -0.1) is 0 Å². The first-order valence-corrected chi connectivity index (χ1v) is 9.47. The lowest BCUT2D eigenvalue weighted by Gasteiger charge is -2.12. The number of halogens is 3. The number of esters is 2.